The molecule has 1 aromatic carbocycles. The number of anilines is 1. The summed E-state index contributed by atoms with van der Waals surface area (Å²) in [6, 6.07) is 15.4. The molecular formula is C14H14N4Se. The van der Waals surface area contributed by atoms with E-state index in [1.54, 1.807) is 11.2 Å². The average molecular weight is 317 g/mol. The molecule has 5 heteroatoms. The van der Waals surface area contributed by atoms with Gasteiger partial charge in [0.05, 0.1) is 0 Å². The van der Waals surface area contributed by atoms with Gasteiger partial charge in [0.25, 0.3) is 0 Å². The number of rotatable bonds is 4. The van der Waals surface area contributed by atoms with Gasteiger partial charge in [-0.1, -0.05) is 0 Å². The molecule has 96 valence electrons. The van der Waals surface area contributed by atoms with Gasteiger partial charge in [0.15, 0.2) is 0 Å². The summed E-state index contributed by atoms with van der Waals surface area (Å²) in [6.07, 6.45) is 1.74. The van der Waals surface area contributed by atoms with Crippen LogP contribution in [0.15, 0.2) is 59.8 Å². The molecule has 0 unspecified atom stereocenters. The van der Waals surface area contributed by atoms with Crippen molar-refractivity contribution in [2.24, 2.45) is 10.8 Å². The molecule has 0 aliphatic heterocycles. The topological polar surface area (TPSA) is 54.5 Å². The van der Waals surface area contributed by atoms with Gasteiger partial charge in [-0.05, 0) is 0 Å². The fourth-order valence-electron chi connectivity index (χ4n) is 1.58. The number of nitrogens with two attached hydrogens (primary N) is 1. The first kappa shape index (κ1) is 13.5. The zero-order valence-corrected chi connectivity index (χ0v) is 12.2. The predicted octanol–water partition coefficient (Wildman–Crippen LogP) is 1.53. The Morgan fingerprint density at radius 2 is 1.84 bits per heavy atom. The van der Waals surface area contributed by atoms with E-state index in [1.807, 2.05) is 55.5 Å². The van der Waals surface area contributed by atoms with Gasteiger partial charge in [0.2, 0.25) is 0 Å². The Bertz CT molecular complexity index is 581. The number of pyridine rings is 1. The van der Waals surface area contributed by atoms with Crippen LogP contribution in [0.3, 0.4) is 0 Å². The van der Waals surface area contributed by atoms with Crippen LogP contribution in [0.1, 0.15) is 12.6 Å². The molecule has 2 rings (SSSR count). The van der Waals surface area contributed by atoms with Gasteiger partial charge < -0.3 is 0 Å². The summed E-state index contributed by atoms with van der Waals surface area (Å²) >= 11 is 2.79. The van der Waals surface area contributed by atoms with E-state index in [0.717, 1.165) is 17.1 Å². The van der Waals surface area contributed by atoms with Crippen LogP contribution < -0.4 is 10.7 Å². The van der Waals surface area contributed by atoms with Crippen LogP contribution in [0.2, 0.25) is 0 Å². The summed E-state index contributed by atoms with van der Waals surface area (Å²) in [6.45, 7) is 1.90. The Labute approximate surface area is 120 Å². The Kier molecular flexibility index (Phi) is 4.44. The maximum absolute atomic E-state index is 5.85. The van der Waals surface area contributed by atoms with Crippen molar-refractivity contribution in [3.05, 3.63) is 60.4 Å². The molecule has 0 radical (unpaired) electrons. The third kappa shape index (κ3) is 3.50. The molecule has 0 atom stereocenters. The van der Waals surface area contributed by atoms with E-state index in [4.69, 9.17) is 5.73 Å². The Morgan fingerprint density at radius 3 is 2.42 bits per heavy atom. The first-order valence-electron chi connectivity index (χ1n) is 5.79. The molecule has 0 saturated carbocycles. The van der Waals surface area contributed by atoms with Gasteiger partial charge in [0, 0.05) is 0 Å². The monoisotopic (exact) mass is 318 g/mol. The fourth-order valence-corrected chi connectivity index (χ4v) is 1.89. The standard InChI is InChI=1S/C14H14N4Se/c1-11(13-9-5-6-10-16-13)17-18(14(15)19)12-7-3-2-4-8-12/h2-10H,1H3,(H2,15,19)/b17-11+. The average Bonchev–Trinajstić information content (AvgIpc) is 2.46. The van der Waals surface area contributed by atoms with Crippen molar-refractivity contribution in [1.29, 1.82) is 0 Å². The van der Waals surface area contributed by atoms with Crippen molar-refractivity contribution < 1.29 is 0 Å². The van der Waals surface area contributed by atoms with Gasteiger partial charge >= 0.3 is 120 Å². The number of nitrogens with zero attached hydrogens (tertiary/aromatic N) is 3. The van der Waals surface area contributed by atoms with Gasteiger partial charge in [-0.25, -0.2) is 0 Å². The minimum atomic E-state index is 0.487. The number of para-hydroxylation sites is 1. The molecule has 1 aromatic heterocycles. The summed E-state index contributed by atoms with van der Waals surface area (Å²) in [5.74, 6) is 0. The maximum atomic E-state index is 5.85. The van der Waals surface area contributed by atoms with E-state index in [2.05, 4.69) is 25.7 Å². The van der Waals surface area contributed by atoms with Crippen LogP contribution >= 0.6 is 0 Å². The number of benzene rings is 1. The number of aromatic nitrogens is 1. The zero-order chi connectivity index (χ0) is 13.7. The molecule has 4 nitrogen and oxygen atoms in total. The van der Waals surface area contributed by atoms with Crippen LogP contribution in [0, 0.1) is 0 Å². The fraction of sp³-hybridized carbons (Fsp3) is 0.0714. The molecular weight excluding hydrogens is 303 g/mol. The molecule has 0 aliphatic carbocycles. The van der Waals surface area contributed by atoms with Crippen molar-refractivity contribution >= 4 is 31.6 Å². The minimum absolute atomic E-state index is 0.487. The molecule has 19 heavy (non-hydrogen) atoms. The van der Waals surface area contributed by atoms with Crippen LogP contribution in [-0.2, 0) is 0 Å². The van der Waals surface area contributed by atoms with Crippen LogP contribution in [-0.4, -0.2) is 30.9 Å². The summed E-state index contributed by atoms with van der Waals surface area (Å²) in [5, 5.41) is 6.17. The molecule has 0 spiro atoms. The second kappa shape index (κ2) is 6.27. The molecule has 2 aromatic rings. The Hall–Kier alpha value is -1.97. The molecule has 1 heterocycles. The molecule has 0 aliphatic rings. The van der Waals surface area contributed by atoms with Crippen molar-refractivity contribution in [3.63, 3.8) is 0 Å². The van der Waals surface area contributed by atoms with Gasteiger partial charge in [0.1, 0.15) is 0 Å². The van der Waals surface area contributed by atoms with Crippen molar-refractivity contribution in [3.8, 4) is 0 Å². The number of hydrogen-bond donors (Lipinski definition) is 1. The van der Waals surface area contributed by atoms with Crippen molar-refractivity contribution in [2.45, 2.75) is 6.92 Å². The predicted molar refractivity (Wildman–Crippen MR) is 80.3 cm³/mol. The molecule has 0 amide bonds. The molecule has 0 saturated heterocycles. The van der Waals surface area contributed by atoms with E-state index < -0.39 is 0 Å². The summed E-state index contributed by atoms with van der Waals surface area (Å²) in [4.78, 5) is 4.27. The molecule has 2 N–H and O–H groups in total. The van der Waals surface area contributed by atoms with E-state index >= 15 is 0 Å². The summed E-state index contributed by atoms with van der Waals surface area (Å²) < 4.78 is 0.487. The summed E-state index contributed by atoms with van der Waals surface area (Å²) in [5.41, 5.74) is 8.37. The second-order valence-corrected chi connectivity index (χ2v) is 4.76. The third-order valence-corrected chi connectivity index (χ3v) is 2.86. The molecule has 0 fully saturated rings. The number of hydrogen-bond acceptors (Lipinski definition) is 4. The van der Waals surface area contributed by atoms with Gasteiger partial charge in [-0.3, -0.25) is 0 Å². The van der Waals surface area contributed by atoms with Crippen molar-refractivity contribution in [2.75, 3.05) is 5.01 Å². The van der Waals surface area contributed by atoms with E-state index in [0.29, 0.717) is 4.67 Å². The van der Waals surface area contributed by atoms with E-state index in [-0.39, 0.29) is 0 Å². The van der Waals surface area contributed by atoms with Crippen LogP contribution in [0.25, 0.3) is 0 Å². The van der Waals surface area contributed by atoms with E-state index in [9.17, 15) is 0 Å². The van der Waals surface area contributed by atoms with Crippen molar-refractivity contribution in [1.82, 2.24) is 4.98 Å². The van der Waals surface area contributed by atoms with Crippen LogP contribution in [0.5, 0.6) is 0 Å². The van der Waals surface area contributed by atoms with Crippen LogP contribution in [0.4, 0.5) is 5.69 Å². The summed E-state index contributed by atoms with van der Waals surface area (Å²) in [7, 11) is 0. The quantitative estimate of drug-likeness (QED) is 0.528. The first-order chi connectivity index (χ1) is 9.18. The normalized spacial score (nSPS) is 11.1. The first-order valence-corrected chi connectivity index (χ1v) is 6.65. The SMILES string of the molecule is C/C(=N\N(C(N)=[Se])c1ccccc1)c1ccccn1. The zero-order valence-electron chi connectivity index (χ0n) is 10.5. The Morgan fingerprint density at radius 1 is 1.16 bits per heavy atom. The van der Waals surface area contributed by atoms with Gasteiger partial charge in [-0.15, -0.1) is 0 Å². The van der Waals surface area contributed by atoms with Gasteiger partial charge in [-0.2, -0.15) is 0 Å². The number of hydrazone groups is 1. The van der Waals surface area contributed by atoms with E-state index in [1.165, 1.54) is 0 Å². The Balaban J connectivity index is 2.34. The third-order valence-electron chi connectivity index (χ3n) is 2.50. The molecule has 0 bridgehead atoms. The second-order valence-electron chi connectivity index (χ2n) is 3.89.